The summed E-state index contributed by atoms with van der Waals surface area (Å²) in [5.74, 6) is -0.240. The van der Waals surface area contributed by atoms with Crippen LogP contribution < -0.4 is 10.1 Å². The van der Waals surface area contributed by atoms with Gasteiger partial charge in [0, 0.05) is 6.54 Å². The van der Waals surface area contributed by atoms with Crippen LogP contribution >= 0.6 is 0 Å². The zero-order valence-corrected chi connectivity index (χ0v) is 13.6. The summed E-state index contributed by atoms with van der Waals surface area (Å²) >= 11 is 0. The van der Waals surface area contributed by atoms with Crippen LogP contribution in [-0.2, 0) is 16.1 Å². The molecular weight excluding hydrogens is 320 g/mol. The number of para-hydroxylation sites is 1. The van der Waals surface area contributed by atoms with Crippen molar-refractivity contribution < 1.29 is 19.1 Å². The quantitative estimate of drug-likeness (QED) is 0.590. The van der Waals surface area contributed by atoms with Gasteiger partial charge in [-0.05, 0) is 29.8 Å². The number of hydrogen-bond donors (Lipinski definition) is 1. The number of carbonyl (C=O) groups excluding carboxylic acids is 2. The molecule has 2 aromatic rings. The SMILES string of the molecule is N#CCCNC(=O)COC(=O)c1ccc(COc2ccccc2)cc1. The molecule has 0 aliphatic heterocycles. The van der Waals surface area contributed by atoms with E-state index in [-0.39, 0.29) is 19.6 Å². The zero-order chi connectivity index (χ0) is 17.9. The van der Waals surface area contributed by atoms with E-state index in [0.717, 1.165) is 11.3 Å². The summed E-state index contributed by atoms with van der Waals surface area (Å²) in [5, 5.41) is 10.9. The largest absolute Gasteiger partial charge is 0.489 e. The van der Waals surface area contributed by atoms with Crippen LogP contribution in [0.3, 0.4) is 0 Å². The average Bonchev–Trinajstić information content (AvgIpc) is 2.66. The number of carbonyl (C=O) groups is 2. The van der Waals surface area contributed by atoms with Crippen LogP contribution in [0.4, 0.5) is 0 Å². The molecule has 0 spiro atoms. The minimum atomic E-state index is -0.578. The maximum Gasteiger partial charge on any atom is 0.338 e. The first kappa shape index (κ1) is 18.0. The van der Waals surface area contributed by atoms with E-state index in [9.17, 15) is 9.59 Å². The third kappa shape index (κ3) is 6.36. The van der Waals surface area contributed by atoms with Crippen LogP contribution in [-0.4, -0.2) is 25.0 Å². The first-order valence-electron chi connectivity index (χ1n) is 7.76. The molecule has 25 heavy (non-hydrogen) atoms. The fraction of sp³-hybridized carbons (Fsp3) is 0.211. The van der Waals surface area contributed by atoms with Crippen molar-refractivity contribution in [1.29, 1.82) is 5.26 Å². The van der Waals surface area contributed by atoms with Gasteiger partial charge in [0.2, 0.25) is 0 Å². The van der Waals surface area contributed by atoms with Gasteiger partial charge in [-0.2, -0.15) is 5.26 Å². The van der Waals surface area contributed by atoms with E-state index in [1.165, 1.54) is 0 Å². The number of rotatable bonds is 8. The predicted octanol–water partition coefficient (Wildman–Crippen LogP) is 2.45. The number of ether oxygens (including phenoxy) is 2. The number of hydrogen-bond acceptors (Lipinski definition) is 5. The first-order valence-corrected chi connectivity index (χ1v) is 7.76. The number of nitrogens with one attached hydrogen (secondary N) is 1. The fourth-order valence-corrected chi connectivity index (χ4v) is 1.94. The van der Waals surface area contributed by atoms with Gasteiger partial charge in [0.05, 0.1) is 18.1 Å². The molecule has 0 saturated carbocycles. The molecule has 0 bridgehead atoms. The monoisotopic (exact) mass is 338 g/mol. The molecular formula is C19H18N2O4. The summed E-state index contributed by atoms with van der Waals surface area (Å²) in [6.07, 6.45) is 0.214. The van der Waals surface area contributed by atoms with Crippen LogP contribution in [0.1, 0.15) is 22.3 Å². The highest BCUT2D eigenvalue weighted by Gasteiger charge is 2.10. The Balaban J connectivity index is 1.78. The highest BCUT2D eigenvalue weighted by Crippen LogP contribution is 2.12. The molecule has 1 amide bonds. The van der Waals surface area contributed by atoms with Crippen LogP contribution in [0.5, 0.6) is 5.75 Å². The van der Waals surface area contributed by atoms with Crippen molar-refractivity contribution in [3.05, 3.63) is 65.7 Å². The number of amides is 1. The molecule has 0 aromatic heterocycles. The molecule has 1 N–H and O–H groups in total. The van der Waals surface area contributed by atoms with Crippen LogP contribution in [0.2, 0.25) is 0 Å². The van der Waals surface area contributed by atoms with Crippen LogP contribution in [0.15, 0.2) is 54.6 Å². The van der Waals surface area contributed by atoms with Crippen LogP contribution in [0, 0.1) is 11.3 Å². The van der Waals surface area contributed by atoms with E-state index < -0.39 is 11.9 Å². The Bertz CT molecular complexity index is 736. The fourth-order valence-electron chi connectivity index (χ4n) is 1.94. The van der Waals surface area contributed by atoms with Crippen molar-refractivity contribution in [2.24, 2.45) is 0 Å². The summed E-state index contributed by atoms with van der Waals surface area (Å²) in [5.41, 5.74) is 1.27. The van der Waals surface area contributed by atoms with Crippen molar-refractivity contribution in [1.82, 2.24) is 5.32 Å². The van der Waals surface area contributed by atoms with Crippen LogP contribution in [0.25, 0.3) is 0 Å². The van der Waals surface area contributed by atoms with E-state index >= 15 is 0 Å². The van der Waals surface area contributed by atoms with Gasteiger partial charge in [0.15, 0.2) is 6.61 Å². The molecule has 0 aliphatic carbocycles. The summed E-state index contributed by atoms with van der Waals surface area (Å²) in [6.45, 7) is 0.257. The number of esters is 1. The average molecular weight is 338 g/mol. The lowest BCUT2D eigenvalue weighted by Crippen LogP contribution is -2.29. The molecule has 2 rings (SSSR count). The lowest BCUT2D eigenvalue weighted by atomic mass is 10.1. The lowest BCUT2D eigenvalue weighted by molar-refractivity contribution is -0.124. The zero-order valence-electron chi connectivity index (χ0n) is 13.6. The van der Waals surface area contributed by atoms with E-state index in [0.29, 0.717) is 12.2 Å². The topological polar surface area (TPSA) is 88.4 Å². The van der Waals surface area contributed by atoms with E-state index in [4.69, 9.17) is 14.7 Å². The Labute approximate surface area is 146 Å². The second kappa shape index (κ2) is 9.73. The minimum absolute atomic E-state index is 0.214. The van der Waals surface area contributed by atoms with Crippen molar-refractivity contribution in [2.75, 3.05) is 13.2 Å². The third-order valence-electron chi connectivity index (χ3n) is 3.23. The molecule has 0 unspecified atom stereocenters. The Morgan fingerprint density at radius 2 is 1.76 bits per heavy atom. The highest BCUT2D eigenvalue weighted by molar-refractivity contribution is 5.91. The Morgan fingerprint density at radius 3 is 2.44 bits per heavy atom. The van der Waals surface area contributed by atoms with Gasteiger partial charge in [-0.1, -0.05) is 30.3 Å². The Hall–Kier alpha value is -3.33. The predicted molar refractivity (Wildman–Crippen MR) is 90.7 cm³/mol. The van der Waals surface area contributed by atoms with Gasteiger partial charge >= 0.3 is 5.97 Å². The second-order valence-corrected chi connectivity index (χ2v) is 5.13. The number of nitrogens with zero attached hydrogens (tertiary/aromatic N) is 1. The molecule has 0 radical (unpaired) electrons. The first-order chi connectivity index (χ1) is 12.2. The molecule has 0 aliphatic rings. The number of nitriles is 1. The maximum absolute atomic E-state index is 11.9. The molecule has 6 heteroatoms. The van der Waals surface area contributed by atoms with E-state index in [2.05, 4.69) is 5.32 Å². The number of benzene rings is 2. The summed E-state index contributed by atoms with van der Waals surface area (Å²) < 4.78 is 10.6. The van der Waals surface area contributed by atoms with E-state index in [1.54, 1.807) is 24.3 Å². The van der Waals surface area contributed by atoms with Gasteiger partial charge in [-0.3, -0.25) is 4.79 Å². The van der Waals surface area contributed by atoms with E-state index in [1.807, 2.05) is 36.4 Å². The van der Waals surface area contributed by atoms with Crippen molar-refractivity contribution in [3.63, 3.8) is 0 Å². The summed E-state index contributed by atoms with van der Waals surface area (Å²) in [4.78, 5) is 23.3. The summed E-state index contributed by atoms with van der Waals surface area (Å²) in [6, 6.07) is 18.1. The summed E-state index contributed by atoms with van der Waals surface area (Å²) in [7, 11) is 0. The van der Waals surface area contributed by atoms with Gasteiger partial charge in [-0.15, -0.1) is 0 Å². The Kier molecular flexibility index (Phi) is 7.01. The van der Waals surface area contributed by atoms with Crippen molar-refractivity contribution in [3.8, 4) is 11.8 Å². The van der Waals surface area contributed by atoms with Gasteiger partial charge in [0.1, 0.15) is 12.4 Å². The van der Waals surface area contributed by atoms with Gasteiger partial charge in [0.25, 0.3) is 5.91 Å². The van der Waals surface area contributed by atoms with Crippen molar-refractivity contribution >= 4 is 11.9 Å². The molecule has 0 atom stereocenters. The molecule has 6 nitrogen and oxygen atoms in total. The minimum Gasteiger partial charge on any atom is -0.489 e. The van der Waals surface area contributed by atoms with Gasteiger partial charge < -0.3 is 14.8 Å². The maximum atomic E-state index is 11.9. The Morgan fingerprint density at radius 1 is 1.04 bits per heavy atom. The molecule has 0 saturated heterocycles. The lowest BCUT2D eigenvalue weighted by Gasteiger charge is -2.08. The molecule has 128 valence electrons. The van der Waals surface area contributed by atoms with Gasteiger partial charge in [-0.25, -0.2) is 4.79 Å². The molecule has 0 fully saturated rings. The highest BCUT2D eigenvalue weighted by atomic mass is 16.5. The smallest absolute Gasteiger partial charge is 0.338 e. The third-order valence-corrected chi connectivity index (χ3v) is 3.23. The molecule has 0 heterocycles. The molecule has 2 aromatic carbocycles. The standard InChI is InChI=1S/C19H18N2O4/c20-11-4-12-21-18(22)14-25-19(23)16-9-7-15(8-10-16)13-24-17-5-2-1-3-6-17/h1-3,5-10H,4,12-14H2,(H,21,22). The normalized spacial score (nSPS) is 9.72. The second-order valence-electron chi connectivity index (χ2n) is 5.13. The van der Waals surface area contributed by atoms with Crippen molar-refractivity contribution in [2.45, 2.75) is 13.0 Å².